The molecule has 1 unspecified atom stereocenters. The Morgan fingerprint density at radius 2 is 2.04 bits per heavy atom. The highest BCUT2D eigenvalue weighted by molar-refractivity contribution is 5.80. The second-order valence-corrected chi connectivity index (χ2v) is 6.78. The van der Waals surface area contributed by atoms with E-state index in [1.54, 1.807) is 4.90 Å². The first kappa shape index (κ1) is 19.2. The fourth-order valence-electron chi connectivity index (χ4n) is 3.09. The first-order valence-electron chi connectivity index (χ1n) is 8.58. The van der Waals surface area contributed by atoms with Crippen molar-refractivity contribution in [3.8, 4) is 5.75 Å². The molecule has 6 heteroatoms. The van der Waals surface area contributed by atoms with E-state index in [1.165, 1.54) is 18.2 Å². The van der Waals surface area contributed by atoms with Gasteiger partial charge in [0.1, 0.15) is 11.2 Å². The Balaban J connectivity index is 1.77. The number of carbonyl (C=O) groups excluding carboxylic acids is 1. The topological polar surface area (TPSA) is 76.1 Å². The summed E-state index contributed by atoms with van der Waals surface area (Å²) < 4.78 is 10.7. The van der Waals surface area contributed by atoms with Crippen molar-refractivity contribution in [2.45, 2.75) is 33.1 Å². The summed E-state index contributed by atoms with van der Waals surface area (Å²) in [5.41, 5.74) is 1.42. The molecule has 1 aromatic carbocycles. The Morgan fingerprint density at radius 3 is 2.68 bits per heavy atom. The summed E-state index contributed by atoms with van der Waals surface area (Å²) in [6, 6.07) is 5.93. The van der Waals surface area contributed by atoms with E-state index in [1.807, 2.05) is 25.1 Å². The minimum absolute atomic E-state index is 0.0251. The van der Waals surface area contributed by atoms with Gasteiger partial charge in [0.15, 0.2) is 0 Å². The van der Waals surface area contributed by atoms with Crippen LogP contribution in [0.15, 0.2) is 18.2 Å². The fourth-order valence-corrected chi connectivity index (χ4v) is 3.09. The van der Waals surface area contributed by atoms with Crippen molar-refractivity contribution >= 4 is 11.9 Å². The lowest BCUT2D eigenvalue weighted by Crippen LogP contribution is -2.40. The van der Waals surface area contributed by atoms with Crippen molar-refractivity contribution in [1.29, 1.82) is 0 Å². The minimum Gasteiger partial charge on any atom is -0.494 e. The van der Waals surface area contributed by atoms with E-state index in [0.717, 1.165) is 5.75 Å². The summed E-state index contributed by atoms with van der Waals surface area (Å²) >= 11 is 0. The highest BCUT2D eigenvalue weighted by Gasteiger charge is 2.46. The monoisotopic (exact) mass is 349 g/mol. The lowest BCUT2D eigenvalue weighted by molar-refractivity contribution is -0.151. The van der Waals surface area contributed by atoms with Crippen LogP contribution in [-0.4, -0.2) is 55.3 Å². The summed E-state index contributed by atoms with van der Waals surface area (Å²) in [7, 11) is 1.49. The van der Waals surface area contributed by atoms with Crippen LogP contribution in [0.3, 0.4) is 0 Å². The lowest BCUT2D eigenvalue weighted by atomic mass is 9.88. The van der Waals surface area contributed by atoms with Gasteiger partial charge in [-0.1, -0.05) is 6.07 Å². The Kier molecular flexibility index (Phi) is 6.42. The Bertz CT molecular complexity index is 630. The van der Waals surface area contributed by atoms with Gasteiger partial charge in [-0.25, -0.2) is 0 Å². The van der Waals surface area contributed by atoms with Crippen molar-refractivity contribution < 1.29 is 24.2 Å². The third-order valence-electron chi connectivity index (χ3n) is 4.86. The van der Waals surface area contributed by atoms with Crippen molar-refractivity contribution in [3.05, 3.63) is 29.3 Å². The summed E-state index contributed by atoms with van der Waals surface area (Å²) in [6.45, 7) is 5.36. The molecule has 0 aromatic heterocycles. The third-order valence-corrected chi connectivity index (χ3v) is 4.86. The molecule has 0 saturated carbocycles. The number of nitrogens with zero attached hydrogens (tertiary/aromatic N) is 1. The van der Waals surface area contributed by atoms with Gasteiger partial charge in [-0.05, 0) is 49.9 Å². The maximum Gasteiger partial charge on any atom is 0.313 e. The first-order chi connectivity index (χ1) is 11.9. The first-order valence-corrected chi connectivity index (χ1v) is 8.58. The quantitative estimate of drug-likeness (QED) is 0.730. The SMILES string of the molecule is COCC1(C(=O)O)CCN(C(=O)CCCOc2ccc(C)c(C)c2)C1. The maximum absolute atomic E-state index is 12.3. The molecule has 1 heterocycles. The summed E-state index contributed by atoms with van der Waals surface area (Å²) in [5, 5.41) is 9.44. The minimum atomic E-state index is -0.972. The number of hydrogen-bond donors (Lipinski definition) is 1. The molecule has 1 saturated heterocycles. The van der Waals surface area contributed by atoms with Crippen LogP contribution in [0.1, 0.15) is 30.4 Å². The summed E-state index contributed by atoms with van der Waals surface area (Å²) in [5.74, 6) is -0.118. The van der Waals surface area contributed by atoms with Crippen LogP contribution in [0.4, 0.5) is 0 Å². The summed E-state index contributed by atoms with van der Waals surface area (Å²) in [6.07, 6.45) is 1.39. The molecule has 1 amide bonds. The Hall–Kier alpha value is -2.08. The number of likely N-dealkylation sites (tertiary alicyclic amines) is 1. The number of carboxylic acid groups (broad SMARTS) is 1. The number of rotatable bonds is 8. The third kappa shape index (κ3) is 4.72. The molecular formula is C19H27NO5. The van der Waals surface area contributed by atoms with Crippen LogP contribution in [0.5, 0.6) is 5.75 Å². The summed E-state index contributed by atoms with van der Waals surface area (Å²) in [4.78, 5) is 25.4. The molecule has 0 bridgehead atoms. The largest absolute Gasteiger partial charge is 0.494 e. The van der Waals surface area contributed by atoms with Gasteiger partial charge in [-0.2, -0.15) is 0 Å². The number of hydrogen-bond acceptors (Lipinski definition) is 4. The van der Waals surface area contributed by atoms with Gasteiger partial charge in [-0.3, -0.25) is 9.59 Å². The molecule has 0 spiro atoms. The van der Waals surface area contributed by atoms with Crippen molar-refractivity contribution in [2.75, 3.05) is 33.4 Å². The van der Waals surface area contributed by atoms with Crippen LogP contribution in [0, 0.1) is 19.3 Å². The average Bonchev–Trinajstić information content (AvgIpc) is 3.01. The van der Waals surface area contributed by atoms with Crippen LogP contribution in [0.25, 0.3) is 0 Å². The van der Waals surface area contributed by atoms with Gasteiger partial charge in [0.2, 0.25) is 5.91 Å². The highest BCUT2D eigenvalue weighted by atomic mass is 16.5. The van der Waals surface area contributed by atoms with Gasteiger partial charge >= 0.3 is 5.97 Å². The number of carboxylic acids is 1. The number of aliphatic carboxylic acids is 1. The molecule has 2 rings (SSSR count). The molecule has 1 atom stereocenters. The predicted octanol–water partition coefficient (Wildman–Crippen LogP) is 2.41. The number of benzene rings is 1. The Labute approximate surface area is 148 Å². The van der Waals surface area contributed by atoms with E-state index in [9.17, 15) is 14.7 Å². The smallest absolute Gasteiger partial charge is 0.313 e. The zero-order chi connectivity index (χ0) is 18.4. The van der Waals surface area contributed by atoms with Gasteiger partial charge in [0.05, 0.1) is 13.2 Å². The fraction of sp³-hybridized carbons (Fsp3) is 0.579. The second kappa shape index (κ2) is 8.34. The van der Waals surface area contributed by atoms with Crippen LogP contribution < -0.4 is 4.74 Å². The molecule has 0 radical (unpaired) electrons. The normalized spacial score (nSPS) is 19.9. The van der Waals surface area contributed by atoms with Gasteiger partial charge in [0, 0.05) is 26.6 Å². The van der Waals surface area contributed by atoms with Crippen molar-refractivity contribution in [3.63, 3.8) is 0 Å². The number of amides is 1. The molecule has 138 valence electrons. The van der Waals surface area contributed by atoms with Crippen molar-refractivity contribution in [1.82, 2.24) is 4.90 Å². The Morgan fingerprint density at radius 1 is 1.28 bits per heavy atom. The van der Waals surface area contributed by atoms with Crippen LogP contribution in [0.2, 0.25) is 0 Å². The molecule has 1 aliphatic heterocycles. The van der Waals surface area contributed by atoms with E-state index >= 15 is 0 Å². The van der Waals surface area contributed by atoms with E-state index in [-0.39, 0.29) is 19.1 Å². The van der Waals surface area contributed by atoms with E-state index in [2.05, 4.69) is 6.92 Å². The second-order valence-electron chi connectivity index (χ2n) is 6.78. The molecule has 25 heavy (non-hydrogen) atoms. The van der Waals surface area contributed by atoms with E-state index in [4.69, 9.17) is 9.47 Å². The average molecular weight is 349 g/mol. The molecule has 0 aliphatic carbocycles. The van der Waals surface area contributed by atoms with Gasteiger partial charge < -0.3 is 19.5 Å². The molecule has 1 fully saturated rings. The van der Waals surface area contributed by atoms with Crippen LogP contribution >= 0.6 is 0 Å². The van der Waals surface area contributed by atoms with Gasteiger partial charge in [-0.15, -0.1) is 0 Å². The zero-order valence-corrected chi connectivity index (χ0v) is 15.2. The van der Waals surface area contributed by atoms with Crippen molar-refractivity contribution in [2.24, 2.45) is 5.41 Å². The zero-order valence-electron chi connectivity index (χ0n) is 15.2. The number of carbonyl (C=O) groups is 2. The molecule has 1 N–H and O–H groups in total. The molecule has 1 aromatic rings. The van der Waals surface area contributed by atoms with Crippen LogP contribution in [-0.2, 0) is 14.3 Å². The molecular weight excluding hydrogens is 322 g/mol. The standard InChI is InChI=1S/C19H27NO5/c1-14-6-7-16(11-15(14)2)25-10-4-5-17(21)20-9-8-19(12-20,13-24-3)18(22)23/h6-7,11H,4-5,8-10,12-13H2,1-3H3,(H,22,23). The van der Waals surface area contributed by atoms with Gasteiger partial charge in [0.25, 0.3) is 0 Å². The molecule has 6 nitrogen and oxygen atoms in total. The molecule has 1 aliphatic rings. The number of aryl methyl sites for hydroxylation is 2. The maximum atomic E-state index is 12.3. The number of methoxy groups -OCH3 is 1. The van der Waals surface area contributed by atoms with E-state index < -0.39 is 11.4 Å². The van der Waals surface area contributed by atoms with E-state index in [0.29, 0.717) is 32.4 Å². The lowest BCUT2D eigenvalue weighted by Gasteiger charge is -2.23. The number of ether oxygens (including phenoxy) is 2. The highest BCUT2D eigenvalue weighted by Crippen LogP contribution is 2.31. The predicted molar refractivity (Wildman–Crippen MR) is 93.8 cm³/mol.